The van der Waals surface area contributed by atoms with Crippen molar-refractivity contribution < 1.29 is 15.0 Å². The number of pyridine rings is 1. The van der Waals surface area contributed by atoms with Crippen molar-refractivity contribution in [2.45, 2.75) is 88.3 Å². The number of para-hydroxylation sites is 1. The highest BCUT2D eigenvalue weighted by molar-refractivity contribution is 6.11. The molecule has 43 heavy (non-hydrogen) atoms. The van der Waals surface area contributed by atoms with Gasteiger partial charge >= 0.3 is 0 Å². The lowest BCUT2D eigenvalue weighted by Gasteiger charge is -2.58. The summed E-state index contributed by atoms with van der Waals surface area (Å²) in [5.41, 5.74) is 2.63. The molecule has 7 heteroatoms. The van der Waals surface area contributed by atoms with Gasteiger partial charge in [0.1, 0.15) is 11.5 Å². The maximum atomic E-state index is 13.1. The molecule has 6 heterocycles. The molecule has 2 aromatic heterocycles. The predicted molar refractivity (Wildman–Crippen MR) is 170 cm³/mol. The number of phenolic OH excluding ortho intramolecular Hbond substituents is 1. The number of aromatic hydroxyl groups is 1. The van der Waals surface area contributed by atoms with E-state index in [0.717, 1.165) is 92.2 Å². The number of H-pyrrole nitrogens is 1. The number of benzene rings is 1. The van der Waals surface area contributed by atoms with E-state index in [1.165, 1.54) is 18.4 Å². The van der Waals surface area contributed by atoms with Crippen molar-refractivity contribution >= 4 is 33.2 Å². The monoisotopic (exact) mass is 580 g/mol. The second kappa shape index (κ2) is 10.6. The minimum absolute atomic E-state index is 0.0230. The Bertz CT molecular complexity index is 1630. The normalized spacial score (nSPS) is 36.1. The van der Waals surface area contributed by atoms with Gasteiger partial charge in [0.2, 0.25) is 0 Å². The van der Waals surface area contributed by atoms with Gasteiger partial charge in [-0.15, -0.1) is 0 Å². The first-order valence-electron chi connectivity index (χ1n) is 16.7. The fourth-order valence-corrected chi connectivity index (χ4v) is 9.92. The van der Waals surface area contributed by atoms with Crippen LogP contribution >= 0.6 is 0 Å². The zero-order valence-electron chi connectivity index (χ0n) is 25.1. The minimum atomic E-state index is -1.01. The van der Waals surface area contributed by atoms with Gasteiger partial charge in [-0.3, -0.25) is 14.7 Å². The molecule has 6 atom stereocenters. The first-order chi connectivity index (χ1) is 21.0. The van der Waals surface area contributed by atoms with E-state index in [-0.39, 0.29) is 23.1 Å². The zero-order chi connectivity index (χ0) is 29.2. The molecule has 0 radical (unpaired) electrons. The average Bonchev–Trinajstić information content (AvgIpc) is 3.52. The summed E-state index contributed by atoms with van der Waals surface area (Å²) in [5.74, 6) is 0.898. The zero-order valence-corrected chi connectivity index (χ0v) is 25.1. The molecule has 1 spiro atoms. The molecule has 3 saturated heterocycles. The fraction of sp³-hybridized carbons (Fsp3) is 0.556. The lowest BCUT2D eigenvalue weighted by atomic mass is 9.54. The number of hydrogen-bond donors (Lipinski definition) is 3. The third kappa shape index (κ3) is 4.41. The van der Waals surface area contributed by atoms with Crippen LogP contribution in [0.3, 0.4) is 0 Å². The van der Waals surface area contributed by atoms with E-state index in [4.69, 9.17) is 4.98 Å². The number of Topliss-reactive ketones (excluding diaryl/α,β-unsaturated/α-hetero) is 1. The molecule has 1 unspecified atom stereocenters. The van der Waals surface area contributed by atoms with Gasteiger partial charge in [-0.05, 0) is 107 Å². The molecule has 1 aromatic carbocycles. The Morgan fingerprint density at radius 3 is 2.77 bits per heavy atom. The number of rotatable bonds is 1. The lowest BCUT2D eigenvalue weighted by molar-refractivity contribution is -0.120. The number of piperidine rings is 1. The number of nitrogens with one attached hydrogen (secondary N) is 1. The van der Waals surface area contributed by atoms with Gasteiger partial charge in [-0.25, -0.2) is 0 Å². The summed E-state index contributed by atoms with van der Waals surface area (Å²) in [5, 5.41) is 25.8. The van der Waals surface area contributed by atoms with E-state index < -0.39 is 5.60 Å². The Balaban J connectivity index is 1.34. The molecule has 1 aliphatic carbocycles. The van der Waals surface area contributed by atoms with Crippen LogP contribution < -0.4 is 0 Å². The number of aromatic nitrogens is 2. The molecular weight excluding hydrogens is 536 g/mol. The maximum Gasteiger partial charge on any atom is 0.139 e. The molecule has 5 aliphatic rings. The number of aliphatic hydroxyl groups is 1. The summed E-state index contributed by atoms with van der Waals surface area (Å²) in [6, 6.07) is 8.04. The molecular formula is C36H44N4O3. The summed E-state index contributed by atoms with van der Waals surface area (Å²) < 4.78 is 0. The molecule has 3 N–H and O–H groups in total. The number of fused-ring (bicyclic) bond motifs is 5. The fourth-order valence-electron chi connectivity index (χ4n) is 9.92. The van der Waals surface area contributed by atoms with Crippen LogP contribution in [0.4, 0.5) is 0 Å². The molecule has 3 aromatic rings. The van der Waals surface area contributed by atoms with Crippen molar-refractivity contribution in [3.05, 3.63) is 54.4 Å². The second-order valence-corrected chi connectivity index (χ2v) is 14.0. The van der Waals surface area contributed by atoms with Crippen molar-refractivity contribution in [2.75, 3.05) is 26.2 Å². The number of nitrogens with zero attached hydrogens (tertiary/aromatic N) is 3. The van der Waals surface area contributed by atoms with Crippen LogP contribution in [0.2, 0.25) is 0 Å². The van der Waals surface area contributed by atoms with Crippen LogP contribution in [-0.4, -0.2) is 79.6 Å². The highest BCUT2D eigenvalue weighted by atomic mass is 16.3. The summed E-state index contributed by atoms with van der Waals surface area (Å²) >= 11 is 0. The Morgan fingerprint density at radius 1 is 0.953 bits per heavy atom. The van der Waals surface area contributed by atoms with E-state index in [2.05, 4.69) is 39.1 Å². The molecule has 226 valence electrons. The number of aromatic amines is 1. The highest BCUT2D eigenvalue weighted by Crippen LogP contribution is 2.62. The summed E-state index contributed by atoms with van der Waals surface area (Å²) in [6.07, 6.45) is 18.9. The van der Waals surface area contributed by atoms with Crippen LogP contribution in [0.15, 0.2) is 48.7 Å². The van der Waals surface area contributed by atoms with Gasteiger partial charge in [-0.2, -0.15) is 0 Å². The summed E-state index contributed by atoms with van der Waals surface area (Å²) in [7, 11) is 0. The van der Waals surface area contributed by atoms with Crippen molar-refractivity contribution in [2.24, 2.45) is 11.3 Å². The number of ketones is 1. The quantitative estimate of drug-likeness (QED) is 0.308. The predicted octanol–water partition coefficient (Wildman–Crippen LogP) is 5.96. The first-order valence-corrected chi connectivity index (χ1v) is 16.7. The van der Waals surface area contributed by atoms with Crippen molar-refractivity contribution in [1.29, 1.82) is 0 Å². The van der Waals surface area contributed by atoms with Gasteiger partial charge < -0.3 is 20.1 Å². The first kappa shape index (κ1) is 27.5. The number of phenols is 1. The molecule has 8 rings (SSSR count). The van der Waals surface area contributed by atoms with E-state index in [1.807, 2.05) is 18.3 Å². The van der Waals surface area contributed by atoms with Gasteiger partial charge in [0.25, 0.3) is 0 Å². The maximum absolute atomic E-state index is 13.1. The average molecular weight is 581 g/mol. The van der Waals surface area contributed by atoms with E-state index in [1.54, 1.807) is 6.07 Å². The van der Waals surface area contributed by atoms with Gasteiger partial charge in [0.05, 0.1) is 22.3 Å². The molecule has 4 aliphatic heterocycles. The second-order valence-electron chi connectivity index (χ2n) is 14.0. The van der Waals surface area contributed by atoms with Gasteiger partial charge in [-0.1, -0.05) is 24.3 Å². The van der Waals surface area contributed by atoms with Crippen LogP contribution in [0.5, 0.6) is 5.75 Å². The number of allylic oxidation sites excluding steroid dienone is 3. The van der Waals surface area contributed by atoms with Crippen LogP contribution in [0.25, 0.3) is 27.4 Å². The smallest absolute Gasteiger partial charge is 0.139 e. The van der Waals surface area contributed by atoms with Crippen LogP contribution in [-0.2, 0) is 4.79 Å². The third-order valence-electron chi connectivity index (χ3n) is 11.6. The largest absolute Gasteiger partial charge is 0.506 e. The van der Waals surface area contributed by atoms with Gasteiger partial charge in [0.15, 0.2) is 0 Å². The van der Waals surface area contributed by atoms with Crippen molar-refractivity contribution in [3.8, 4) is 5.75 Å². The van der Waals surface area contributed by atoms with Crippen LogP contribution in [0.1, 0.15) is 76.3 Å². The third-order valence-corrected chi connectivity index (χ3v) is 11.6. The number of carbonyl (C=O) groups excluding carboxylic acids is 1. The van der Waals surface area contributed by atoms with Crippen LogP contribution in [0, 0.1) is 11.3 Å². The SMILES string of the molecule is O=C1CCCN2[C@@H](CC1)C[C@]13CN4CCCC/C=C/CC[C@](O)(C=C(c5nccc6c5[nH]c5c(O)cccc56)[C@@H]1CC4)[C@H]23. The summed E-state index contributed by atoms with van der Waals surface area (Å²) in [6.45, 7) is 4.02. The molecule has 0 amide bonds. The van der Waals surface area contributed by atoms with E-state index in [0.29, 0.717) is 31.1 Å². The Morgan fingerprint density at radius 2 is 1.84 bits per heavy atom. The Hall–Kier alpha value is -3.00. The topological polar surface area (TPSA) is 92.7 Å². The molecule has 0 saturated carbocycles. The highest BCUT2D eigenvalue weighted by Gasteiger charge is 2.66. The molecule has 3 fully saturated rings. The Kier molecular flexibility index (Phi) is 6.77. The van der Waals surface area contributed by atoms with E-state index >= 15 is 0 Å². The molecule has 7 nitrogen and oxygen atoms in total. The lowest BCUT2D eigenvalue weighted by Crippen LogP contribution is -2.65. The number of carbonyl (C=O) groups is 1. The summed E-state index contributed by atoms with van der Waals surface area (Å²) in [4.78, 5) is 26.5. The Labute approximate surface area is 253 Å². The minimum Gasteiger partial charge on any atom is -0.506 e. The molecule has 3 bridgehead atoms. The van der Waals surface area contributed by atoms with Gasteiger partial charge in [0, 0.05) is 53.9 Å². The van der Waals surface area contributed by atoms with E-state index in [9.17, 15) is 15.0 Å². The van der Waals surface area contributed by atoms with Crippen molar-refractivity contribution in [3.63, 3.8) is 0 Å². The standard InChI is InChI=1S/C36H44N4O3/c41-25-9-8-19-40-24(12-13-25)21-35-23-39-18-6-4-2-1-3-5-16-36(43,34(35)40)22-28(29(35)15-20-39)32-33-27(14-17-37-32)26-10-7-11-30(42)31(26)38-33/h1,3,7,10-11,14,17,22,24,29,34,38,42-43H,2,4-6,8-9,12-13,15-16,18-21,23H2/b3-1+/t24-,29-,34+,35-,36-/m0/s1. The van der Waals surface area contributed by atoms with Crippen molar-refractivity contribution in [1.82, 2.24) is 19.8 Å². The number of hydrogen-bond acceptors (Lipinski definition) is 6.